The van der Waals surface area contributed by atoms with E-state index in [1.54, 1.807) is 24.3 Å². The summed E-state index contributed by atoms with van der Waals surface area (Å²) in [4.78, 5) is 2.15. The van der Waals surface area contributed by atoms with Crippen molar-refractivity contribution in [3.63, 3.8) is 0 Å². The summed E-state index contributed by atoms with van der Waals surface area (Å²) in [6.07, 6.45) is 1.24. The van der Waals surface area contributed by atoms with E-state index in [0.717, 1.165) is 5.56 Å². The molecule has 0 saturated heterocycles. The van der Waals surface area contributed by atoms with Crippen molar-refractivity contribution in [3.05, 3.63) is 88.9 Å². The van der Waals surface area contributed by atoms with Crippen molar-refractivity contribution < 1.29 is 21.0 Å². The molecule has 0 fully saturated rings. The van der Waals surface area contributed by atoms with E-state index >= 15 is 0 Å². The first kappa shape index (κ1) is 21.8. The summed E-state index contributed by atoms with van der Waals surface area (Å²) in [5.74, 6) is 0.0512. The smallest absolute Gasteiger partial charge is 0.339 e. The van der Waals surface area contributed by atoms with E-state index in [9.17, 15) is 16.8 Å². The van der Waals surface area contributed by atoms with Gasteiger partial charge in [-0.15, -0.1) is 0 Å². The van der Waals surface area contributed by atoms with E-state index in [4.69, 9.17) is 15.8 Å². The van der Waals surface area contributed by atoms with Crippen molar-refractivity contribution in [2.24, 2.45) is 5.10 Å². The molecule has 0 aliphatic heterocycles. The average Bonchev–Trinajstić information content (AvgIpc) is 2.68. The molecule has 0 saturated carbocycles. The van der Waals surface area contributed by atoms with Gasteiger partial charge >= 0.3 is 10.1 Å². The Bertz CT molecular complexity index is 1270. The second-order valence-corrected chi connectivity index (χ2v) is 9.87. The van der Waals surface area contributed by atoms with Crippen LogP contribution in [-0.4, -0.2) is 23.1 Å². The molecule has 0 aliphatic carbocycles. The van der Waals surface area contributed by atoms with E-state index < -0.39 is 20.1 Å². The lowest BCUT2D eigenvalue weighted by atomic mass is 10.2. The Morgan fingerprint density at radius 3 is 2.20 bits per heavy atom. The van der Waals surface area contributed by atoms with Crippen LogP contribution in [0, 0.1) is 6.92 Å². The molecule has 10 heteroatoms. The third-order valence-electron chi connectivity index (χ3n) is 3.88. The Kier molecular flexibility index (Phi) is 6.45. The van der Waals surface area contributed by atoms with Crippen LogP contribution in [0.5, 0.6) is 5.75 Å². The minimum atomic E-state index is -4.04. The van der Waals surface area contributed by atoms with E-state index in [1.807, 2.05) is 6.92 Å². The first-order chi connectivity index (χ1) is 14.2. The van der Waals surface area contributed by atoms with E-state index in [0.29, 0.717) is 10.6 Å². The predicted octanol–water partition coefficient (Wildman–Crippen LogP) is 3.73. The second-order valence-electron chi connectivity index (χ2n) is 6.23. The maximum absolute atomic E-state index is 12.4. The number of halogens is 1. The predicted molar refractivity (Wildman–Crippen MR) is 115 cm³/mol. The van der Waals surface area contributed by atoms with E-state index in [-0.39, 0.29) is 15.5 Å². The zero-order chi connectivity index (χ0) is 21.8. The van der Waals surface area contributed by atoms with Gasteiger partial charge in [0.05, 0.1) is 11.1 Å². The van der Waals surface area contributed by atoms with Gasteiger partial charge in [-0.25, -0.2) is 4.83 Å². The van der Waals surface area contributed by atoms with Gasteiger partial charge in [0.2, 0.25) is 0 Å². The monoisotopic (exact) mass is 464 g/mol. The fraction of sp³-hybridized carbons (Fsp3) is 0.0500. The van der Waals surface area contributed by atoms with Crippen LogP contribution < -0.4 is 9.01 Å². The highest BCUT2D eigenvalue weighted by atomic mass is 35.5. The fourth-order valence-corrected chi connectivity index (χ4v) is 4.20. The highest BCUT2D eigenvalue weighted by molar-refractivity contribution is 7.89. The Hall–Kier alpha value is -2.88. The largest absolute Gasteiger partial charge is 0.379 e. The van der Waals surface area contributed by atoms with E-state index in [1.165, 1.54) is 54.7 Å². The molecular weight excluding hydrogens is 448 g/mol. The molecule has 0 bridgehead atoms. The zero-order valence-corrected chi connectivity index (χ0v) is 18.1. The summed E-state index contributed by atoms with van der Waals surface area (Å²) in [6, 6.07) is 17.9. The van der Waals surface area contributed by atoms with Gasteiger partial charge in [0, 0.05) is 5.02 Å². The molecule has 3 rings (SSSR count). The lowest BCUT2D eigenvalue weighted by Crippen LogP contribution is -2.18. The second kappa shape index (κ2) is 8.86. The molecule has 156 valence electrons. The van der Waals surface area contributed by atoms with Gasteiger partial charge in [-0.2, -0.15) is 21.9 Å². The third-order valence-corrected chi connectivity index (χ3v) is 6.64. The van der Waals surface area contributed by atoms with Gasteiger partial charge in [0.1, 0.15) is 10.6 Å². The lowest BCUT2D eigenvalue weighted by Gasteiger charge is -2.07. The van der Waals surface area contributed by atoms with Crippen molar-refractivity contribution in [2.75, 3.05) is 0 Å². The first-order valence-corrected chi connectivity index (χ1v) is 11.8. The molecule has 0 radical (unpaired) electrons. The molecule has 7 nitrogen and oxygen atoms in total. The van der Waals surface area contributed by atoms with Gasteiger partial charge in [-0.3, -0.25) is 0 Å². The number of benzene rings is 3. The molecule has 0 spiro atoms. The molecule has 0 aliphatic rings. The van der Waals surface area contributed by atoms with Crippen LogP contribution in [0.1, 0.15) is 11.1 Å². The molecule has 30 heavy (non-hydrogen) atoms. The van der Waals surface area contributed by atoms with Crippen molar-refractivity contribution in [2.45, 2.75) is 16.7 Å². The number of sulfonamides is 1. The summed E-state index contributed by atoms with van der Waals surface area (Å²) < 4.78 is 54.3. The number of hydrogen-bond donors (Lipinski definition) is 1. The van der Waals surface area contributed by atoms with Crippen LogP contribution in [0.15, 0.2) is 87.7 Å². The Labute approximate surface area is 180 Å². The van der Waals surface area contributed by atoms with Crippen LogP contribution in [0.4, 0.5) is 0 Å². The summed E-state index contributed by atoms with van der Waals surface area (Å²) in [6.45, 7) is 1.85. The molecule has 0 unspecified atom stereocenters. The van der Waals surface area contributed by atoms with Crippen LogP contribution in [0.3, 0.4) is 0 Å². The Morgan fingerprint density at radius 2 is 1.53 bits per heavy atom. The van der Waals surface area contributed by atoms with Gasteiger partial charge in [-0.1, -0.05) is 41.4 Å². The summed E-state index contributed by atoms with van der Waals surface area (Å²) in [7, 11) is -7.86. The summed E-state index contributed by atoms with van der Waals surface area (Å²) in [5, 5.41) is 4.14. The zero-order valence-electron chi connectivity index (χ0n) is 15.7. The maximum atomic E-state index is 12.4. The fourth-order valence-electron chi connectivity index (χ4n) is 2.36. The van der Waals surface area contributed by atoms with Gasteiger partial charge < -0.3 is 4.18 Å². The normalized spacial score (nSPS) is 12.1. The Balaban J connectivity index is 1.72. The standard InChI is InChI=1S/C20H17ClN2O5S2/c1-15-5-9-19(10-6-15)29(24,25)23-22-14-16-3-2-4-18(13-16)28-30(26,27)20-11-7-17(21)8-12-20/h2-14,23H,1H3/b22-14-. The van der Waals surface area contributed by atoms with Gasteiger partial charge in [0.15, 0.2) is 0 Å². The van der Waals surface area contributed by atoms with Crippen molar-refractivity contribution in [1.82, 2.24) is 4.83 Å². The number of aryl methyl sites for hydroxylation is 1. The number of hydrazone groups is 1. The van der Waals surface area contributed by atoms with Gasteiger partial charge in [0.25, 0.3) is 10.0 Å². The van der Waals surface area contributed by atoms with Crippen LogP contribution in [-0.2, 0) is 20.1 Å². The topological polar surface area (TPSA) is 102 Å². The van der Waals surface area contributed by atoms with E-state index in [2.05, 4.69) is 9.93 Å². The molecule has 0 amide bonds. The minimum absolute atomic E-state index is 0.0446. The first-order valence-electron chi connectivity index (χ1n) is 8.57. The number of hydrogen-bond acceptors (Lipinski definition) is 6. The molecular formula is C20H17ClN2O5S2. The van der Waals surface area contributed by atoms with Crippen molar-refractivity contribution in [1.29, 1.82) is 0 Å². The lowest BCUT2D eigenvalue weighted by molar-refractivity contribution is 0.486. The van der Waals surface area contributed by atoms with Crippen molar-refractivity contribution in [3.8, 4) is 5.75 Å². The number of nitrogens with zero attached hydrogens (tertiary/aromatic N) is 1. The SMILES string of the molecule is Cc1ccc(S(=O)(=O)N/N=C\c2cccc(OS(=O)(=O)c3ccc(Cl)cc3)c2)cc1. The average molecular weight is 465 g/mol. The molecule has 3 aromatic rings. The number of rotatable bonds is 7. The molecule has 1 N–H and O–H groups in total. The van der Waals surface area contributed by atoms with Gasteiger partial charge in [-0.05, 0) is 61.0 Å². The minimum Gasteiger partial charge on any atom is -0.379 e. The highest BCUT2D eigenvalue weighted by Crippen LogP contribution is 2.21. The van der Waals surface area contributed by atoms with Crippen LogP contribution >= 0.6 is 11.6 Å². The Morgan fingerprint density at radius 1 is 0.900 bits per heavy atom. The number of nitrogens with one attached hydrogen (secondary N) is 1. The quantitative estimate of drug-likeness (QED) is 0.326. The van der Waals surface area contributed by atoms with Crippen LogP contribution in [0.25, 0.3) is 0 Å². The molecule has 0 heterocycles. The summed E-state index contributed by atoms with van der Waals surface area (Å²) in [5.41, 5.74) is 1.37. The third kappa shape index (κ3) is 5.59. The molecule has 3 aromatic carbocycles. The molecule has 0 aromatic heterocycles. The summed E-state index contributed by atoms with van der Waals surface area (Å²) >= 11 is 5.77. The maximum Gasteiger partial charge on any atom is 0.339 e. The van der Waals surface area contributed by atoms with Crippen molar-refractivity contribution >= 4 is 38.0 Å². The van der Waals surface area contributed by atoms with Crippen LogP contribution in [0.2, 0.25) is 5.02 Å². The molecule has 0 atom stereocenters. The highest BCUT2D eigenvalue weighted by Gasteiger charge is 2.16.